The molecule has 1 saturated carbocycles. The van der Waals surface area contributed by atoms with Gasteiger partial charge in [0.05, 0.1) is 13.2 Å². The van der Waals surface area contributed by atoms with E-state index >= 15 is 0 Å². The standard InChI is InChI=1S/C24H25NO5.3C2H6.CH4O/c1-2-28-24(27)23-22(17-4-3-5-19(14-17)30-15-16-6-7-16)20-10-8-18(29-13-12-26)9-11-21(20)25-23;4*1-2/h3-5,9-12,14,16,25H,2,6-8,13,15H2,1H3;3*1-2H3;2H,1H3. The fraction of sp³-hybridized carbons (Fsp3) is 0.484. The summed E-state index contributed by atoms with van der Waals surface area (Å²) in [5.74, 6) is 1.74. The summed E-state index contributed by atoms with van der Waals surface area (Å²) in [6, 6.07) is 7.80. The van der Waals surface area contributed by atoms with Crippen LogP contribution in [-0.4, -0.2) is 49.3 Å². The monoisotopic (exact) mass is 529 g/mol. The summed E-state index contributed by atoms with van der Waals surface area (Å²) in [5.41, 5.74) is 2.08. The first-order chi connectivity index (χ1) is 18.7. The molecule has 0 unspecified atom stereocenters. The lowest BCUT2D eigenvalue weighted by molar-refractivity contribution is -0.110. The normalized spacial score (nSPS) is 12.5. The number of allylic oxidation sites excluding steroid dienone is 2. The first-order valence-corrected chi connectivity index (χ1v) is 13.7. The van der Waals surface area contributed by atoms with Gasteiger partial charge in [0.2, 0.25) is 0 Å². The number of ether oxygens (including phenoxy) is 3. The number of rotatable bonds is 9. The Morgan fingerprint density at radius 1 is 1.05 bits per heavy atom. The average Bonchev–Trinajstić information content (AvgIpc) is 3.78. The van der Waals surface area contributed by atoms with Crippen LogP contribution in [-0.2, 0) is 14.3 Å². The summed E-state index contributed by atoms with van der Waals surface area (Å²) < 4.78 is 16.7. The molecule has 2 N–H and O–H groups in total. The molecule has 212 valence electrons. The number of aromatic nitrogens is 1. The molecule has 0 aliphatic heterocycles. The molecule has 0 spiro atoms. The van der Waals surface area contributed by atoms with Gasteiger partial charge in [-0.2, -0.15) is 0 Å². The van der Waals surface area contributed by atoms with Crippen LogP contribution in [0.25, 0.3) is 23.3 Å². The number of aldehydes is 1. The third-order valence-electron chi connectivity index (χ3n) is 5.13. The number of carbonyl (C=O) groups is 2. The second kappa shape index (κ2) is 20.7. The van der Waals surface area contributed by atoms with Gasteiger partial charge in [-0.1, -0.05) is 59.8 Å². The first-order valence-electron chi connectivity index (χ1n) is 13.7. The van der Waals surface area contributed by atoms with Crippen molar-refractivity contribution < 1.29 is 28.9 Å². The van der Waals surface area contributed by atoms with Crippen molar-refractivity contribution in [3.63, 3.8) is 0 Å². The van der Waals surface area contributed by atoms with Crippen LogP contribution in [0.3, 0.4) is 0 Å². The fourth-order valence-electron chi connectivity index (χ4n) is 3.47. The summed E-state index contributed by atoms with van der Waals surface area (Å²) in [4.78, 5) is 26.5. The summed E-state index contributed by atoms with van der Waals surface area (Å²) >= 11 is 0. The highest BCUT2D eigenvalue weighted by atomic mass is 16.5. The SMILES string of the molecule is CC.CC.CC.CCOC(=O)c1[nH]c2c(c1-c1cccc(OCC3CC3)c1)=CCC(OCC=O)=CC=2.CO. The molecule has 1 fully saturated rings. The number of carbonyl (C=O) groups excluding carboxylic acids is 2. The number of benzene rings is 1. The molecule has 0 amide bonds. The van der Waals surface area contributed by atoms with Crippen LogP contribution < -0.4 is 15.3 Å². The van der Waals surface area contributed by atoms with Crippen molar-refractivity contribution in [2.24, 2.45) is 5.92 Å². The summed E-state index contributed by atoms with van der Waals surface area (Å²) in [6.45, 7) is 14.8. The topological polar surface area (TPSA) is 97.9 Å². The van der Waals surface area contributed by atoms with Crippen molar-refractivity contribution >= 4 is 24.4 Å². The molecule has 2 aliphatic rings. The predicted molar refractivity (Wildman–Crippen MR) is 155 cm³/mol. The molecule has 2 aliphatic carbocycles. The van der Waals surface area contributed by atoms with Gasteiger partial charge in [0, 0.05) is 29.7 Å². The molecule has 1 aromatic carbocycles. The third-order valence-corrected chi connectivity index (χ3v) is 5.13. The molecule has 0 radical (unpaired) electrons. The number of esters is 1. The zero-order valence-corrected chi connectivity index (χ0v) is 24.4. The number of nitrogens with one attached hydrogen (secondary N) is 1. The van der Waals surface area contributed by atoms with E-state index in [4.69, 9.17) is 19.3 Å². The average molecular weight is 530 g/mol. The lowest BCUT2D eigenvalue weighted by atomic mass is 10.0. The van der Waals surface area contributed by atoms with E-state index in [0.29, 0.717) is 30.4 Å². The molecule has 7 heteroatoms. The maximum atomic E-state index is 12.7. The van der Waals surface area contributed by atoms with E-state index in [2.05, 4.69) is 4.98 Å². The molecule has 0 bridgehead atoms. The summed E-state index contributed by atoms with van der Waals surface area (Å²) in [6.07, 6.45) is 9.37. The van der Waals surface area contributed by atoms with Gasteiger partial charge in [-0.05, 0) is 55.5 Å². The van der Waals surface area contributed by atoms with E-state index in [-0.39, 0.29) is 6.61 Å². The minimum atomic E-state index is -0.395. The van der Waals surface area contributed by atoms with E-state index < -0.39 is 5.97 Å². The van der Waals surface area contributed by atoms with Crippen molar-refractivity contribution in [1.82, 2.24) is 4.98 Å². The molecule has 2 aromatic rings. The Morgan fingerprint density at radius 2 is 1.74 bits per heavy atom. The van der Waals surface area contributed by atoms with E-state index in [9.17, 15) is 9.59 Å². The van der Waals surface area contributed by atoms with E-state index in [1.807, 2.05) is 84.0 Å². The maximum absolute atomic E-state index is 12.7. The van der Waals surface area contributed by atoms with Crippen LogP contribution in [0.15, 0.2) is 36.1 Å². The van der Waals surface area contributed by atoms with Gasteiger partial charge in [-0.25, -0.2) is 4.79 Å². The molecule has 0 saturated heterocycles. The van der Waals surface area contributed by atoms with E-state index in [1.165, 1.54) is 12.8 Å². The van der Waals surface area contributed by atoms with Gasteiger partial charge in [-0.3, -0.25) is 4.79 Å². The Morgan fingerprint density at radius 3 is 2.34 bits per heavy atom. The predicted octanol–water partition coefficient (Wildman–Crippen LogP) is 5.40. The highest BCUT2D eigenvalue weighted by Crippen LogP contribution is 2.30. The number of aliphatic hydroxyl groups excluding tert-OH is 1. The zero-order chi connectivity index (χ0) is 28.9. The summed E-state index contributed by atoms with van der Waals surface area (Å²) in [5, 5.41) is 8.69. The highest BCUT2D eigenvalue weighted by Gasteiger charge is 2.23. The van der Waals surface area contributed by atoms with Crippen LogP contribution >= 0.6 is 0 Å². The number of fused-ring (bicyclic) bond motifs is 1. The van der Waals surface area contributed by atoms with Gasteiger partial charge in [0.1, 0.15) is 23.8 Å². The first kappa shape index (κ1) is 34.7. The van der Waals surface area contributed by atoms with Crippen LogP contribution in [0.4, 0.5) is 0 Å². The number of hydrogen-bond acceptors (Lipinski definition) is 6. The van der Waals surface area contributed by atoms with Crippen molar-refractivity contribution in [1.29, 1.82) is 0 Å². The smallest absolute Gasteiger partial charge is 0.355 e. The van der Waals surface area contributed by atoms with Crippen molar-refractivity contribution in [3.8, 4) is 16.9 Å². The Bertz CT molecular complexity index is 1100. The van der Waals surface area contributed by atoms with Gasteiger partial charge in [0.15, 0.2) is 6.29 Å². The van der Waals surface area contributed by atoms with Gasteiger partial charge in [0.25, 0.3) is 0 Å². The Hall–Kier alpha value is -3.32. The minimum Gasteiger partial charge on any atom is -0.493 e. The van der Waals surface area contributed by atoms with Gasteiger partial charge < -0.3 is 24.3 Å². The van der Waals surface area contributed by atoms with E-state index in [0.717, 1.165) is 47.4 Å². The molecule has 0 atom stereocenters. The van der Waals surface area contributed by atoms with Crippen LogP contribution in [0, 0.1) is 5.92 Å². The van der Waals surface area contributed by atoms with Crippen molar-refractivity contribution in [2.75, 3.05) is 26.9 Å². The number of H-pyrrole nitrogens is 1. The number of hydrogen-bond donors (Lipinski definition) is 2. The molecule has 4 rings (SSSR count). The van der Waals surface area contributed by atoms with Crippen LogP contribution in [0.2, 0.25) is 0 Å². The molecular formula is C31H47NO6. The highest BCUT2D eigenvalue weighted by molar-refractivity contribution is 5.96. The largest absolute Gasteiger partial charge is 0.493 e. The number of aliphatic hydroxyl groups is 1. The number of aromatic amines is 1. The fourth-order valence-corrected chi connectivity index (χ4v) is 3.47. The lowest BCUT2D eigenvalue weighted by Crippen LogP contribution is -2.22. The van der Waals surface area contributed by atoms with Gasteiger partial charge >= 0.3 is 5.97 Å². The van der Waals surface area contributed by atoms with E-state index in [1.54, 1.807) is 6.92 Å². The second-order valence-electron chi connectivity index (χ2n) is 7.39. The molecule has 38 heavy (non-hydrogen) atoms. The molecule has 1 aromatic heterocycles. The third kappa shape index (κ3) is 10.6. The minimum absolute atomic E-state index is 0.0166. The second-order valence-corrected chi connectivity index (χ2v) is 7.39. The van der Waals surface area contributed by atoms with Crippen LogP contribution in [0.1, 0.15) is 78.2 Å². The molecule has 7 nitrogen and oxygen atoms in total. The Balaban J connectivity index is 0.00000157. The molecule has 1 heterocycles. The lowest BCUT2D eigenvalue weighted by Gasteiger charge is -2.09. The Kier molecular flexibility index (Phi) is 18.9. The van der Waals surface area contributed by atoms with Crippen molar-refractivity contribution in [2.45, 2.75) is 67.7 Å². The van der Waals surface area contributed by atoms with Crippen molar-refractivity contribution in [3.05, 3.63) is 52.4 Å². The summed E-state index contributed by atoms with van der Waals surface area (Å²) in [7, 11) is 1.00. The molecular weight excluding hydrogens is 482 g/mol. The van der Waals surface area contributed by atoms with Gasteiger partial charge in [-0.15, -0.1) is 0 Å². The Labute approximate surface area is 228 Å². The zero-order valence-electron chi connectivity index (χ0n) is 24.4. The maximum Gasteiger partial charge on any atom is 0.355 e. The quantitative estimate of drug-likeness (QED) is 0.334. The van der Waals surface area contributed by atoms with Crippen LogP contribution in [0.5, 0.6) is 5.75 Å².